The summed E-state index contributed by atoms with van der Waals surface area (Å²) in [6.45, 7) is 7.51. The summed E-state index contributed by atoms with van der Waals surface area (Å²) < 4.78 is 12.5. The lowest BCUT2D eigenvalue weighted by atomic mass is 9.83. The van der Waals surface area contributed by atoms with Gasteiger partial charge in [0, 0.05) is 5.69 Å². The van der Waals surface area contributed by atoms with Gasteiger partial charge in [0.15, 0.2) is 0 Å². The number of allylic oxidation sites excluding steroid dienone is 2. The molecule has 144 valence electrons. The smallest absolute Gasteiger partial charge is 0.338 e. The van der Waals surface area contributed by atoms with E-state index < -0.39 is 11.9 Å². The van der Waals surface area contributed by atoms with Crippen molar-refractivity contribution in [1.82, 2.24) is 9.78 Å². The fraction of sp³-hybridized carbons (Fsp3) is 0.286. The van der Waals surface area contributed by atoms with Crippen LogP contribution in [-0.4, -0.2) is 22.4 Å². The van der Waals surface area contributed by atoms with Crippen LogP contribution in [0.15, 0.2) is 53.1 Å². The molecular weight excluding hydrogens is 356 g/mol. The second kappa shape index (κ2) is 7.61. The highest BCUT2D eigenvalue weighted by Gasteiger charge is 2.36. The number of ether oxygens (including phenoxy) is 2. The maximum absolute atomic E-state index is 12.5. The predicted molar refractivity (Wildman–Crippen MR) is 103 cm³/mol. The monoisotopic (exact) mass is 378 g/mol. The van der Waals surface area contributed by atoms with Crippen LogP contribution in [0.1, 0.15) is 36.7 Å². The Hall–Kier alpha value is -3.53. The van der Waals surface area contributed by atoms with Crippen molar-refractivity contribution < 1.29 is 14.3 Å². The quantitative estimate of drug-likeness (QED) is 0.820. The molecule has 0 spiro atoms. The number of carbonyl (C=O) groups is 1. The van der Waals surface area contributed by atoms with Gasteiger partial charge in [-0.15, -0.1) is 0 Å². The van der Waals surface area contributed by atoms with Crippen molar-refractivity contribution in [3.8, 4) is 11.8 Å². The minimum Gasteiger partial charge on any atom is -0.463 e. The molecule has 28 heavy (non-hydrogen) atoms. The van der Waals surface area contributed by atoms with Crippen molar-refractivity contribution >= 4 is 5.97 Å². The Bertz CT molecular complexity index is 1020. The summed E-state index contributed by atoms with van der Waals surface area (Å²) in [6.07, 6.45) is 0. The Labute approximate surface area is 163 Å². The lowest BCUT2D eigenvalue weighted by Gasteiger charge is -2.27. The maximum Gasteiger partial charge on any atom is 0.338 e. The number of nitriles is 1. The molecule has 3 rings (SSSR count). The summed E-state index contributed by atoms with van der Waals surface area (Å²) >= 11 is 0. The molecule has 0 saturated heterocycles. The van der Waals surface area contributed by atoms with Crippen LogP contribution in [0.25, 0.3) is 5.69 Å². The van der Waals surface area contributed by atoms with Crippen LogP contribution in [0.3, 0.4) is 0 Å². The number of benzene rings is 1. The SMILES string of the molecule is CCOC(=O)C1=C(C)OC(N)=C(C#N)C1c1ccc(-n2nc(C)cc2C)cc1. The average Bonchev–Trinajstić information content (AvgIpc) is 2.99. The minimum absolute atomic E-state index is 0.000621. The van der Waals surface area contributed by atoms with E-state index in [1.54, 1.807) is 13.8 Å². The highest BCUT2D eigenvalue weighted by molar-refractivity contribution is 5.92. The fourth-order valence-electron chi connectivity index (χ4n) is 3.39. The standard InChI is InChI=1S/C21H22N4O3/c1-5-27-21(26)18-14(4)28-20(23)17(11-22)19(18)15-6-8-16(9-7-15)25-13(3)10-12(2)24-25/h6-10,19H,5,23H2,1-4H3. The van der Waals surface area contributed by atoms with Gasteiger partial charge in [-0.1, -0.05) is 12.1 Å². The van der Waals surface area contributed by atoms with E-state index in [0.717, 1.165) is 22.6 Å². The number of nitrogens with two attached hydrogens (primary N) is 1. The molecule has 0 fully saturated rings. The first-order chi connectivity index (χ1) is 13.4. The second-order valence-corrected chi connectivity index (χ2v) is 6.55. The van der Waals surface area contributed by atoms with Crippen molar-refractivity contribution in [3.05, 3.63) is 70.1 Å². The van der Waals surface area contributed by atoms with Crippen LogP contribution < -0.4 is 5.73 Å². The Balaban J connectivity index is 2.07. The highest BCUT2D eigenvalue weighted by atomic mass is 16.5. The van der Waals surface area contributed by atoms with Crippen molar-refractivity contribution in [2.45, 2.75) is 33.6 Å². The molecular formula is C21H22N4O3. The summed E-state index contributed by atoms with van der Waals surface area (Å²) in [7, 11) is 0. The summed E-state index contributed by atoms with van der Waals surface area (Å²) in [5, 5.41) is 14.1. The van der Waals surface area contributed by atoms with Crippen molar-refractivity contribution in [1.29, 1.82) is 5.26 Å². The van der Waals surface area contributed by atoms with Gasteiger partial charge < -0.3 is 15.2 Å². The number of aromatic nitrogens is 2. The molecule has 1 aliphatic rings. The lowest BCUT2D eigenvalue weighted by Crippen LogP contribution is -2.25. The van der Waals surface area contributed by atoms with Gasteiger partial charge in [-0.3, -0.25) is 0 Å². The van der Waals surface area contributed by atoms with Crippen molar-refractivity contribution in [2.24, 2.45) is 5.73 Å². The second-order valence-electron chi connectivity index (χ2n) is 6.55. The van der Waals surface area contributed by atoms with Gasteiger partial charge in [0.2, 0.25) is 5.88 Å². The van der Waals surface area contributed by atoms with E-state index in [-0.39, 0.29) is 23.6 Å². The number of carbonyl (C=O) groups excluding carboxylic acids is 1. The number of nitrogens with zero attached hydrogens (tertiary/aromatic N) is 3. The molecule has 2 aromatic rings. The Morgan fingerprint density at radius 3 is 2.54 bits per heavy atom. The number of aryl methyl sites for hydroxylation is 2. The van der Waals surface area contributed by atoms with Gasteiger partial charge in [-0.2, -0.15) is 10.4 Å². The van der Waals surface area contributed by atoms with E-state index in [2.05, 4.69) is 11.2 Å². The topological polar surface area (TPSA) is 103 Å². The molecule has 0 aliphatic carbocycles. The number of rotatable bonds is 4. The van der Waals surface area contributed by atoms with E-state index in [0.29, 0.717) is 5.76 Å². The summed E-state index contributed by atoms with van der Waals surface area (Å²) in [4.78, 5) is 12.5. The van der Waals surface area contributed by atoms with Crippen LogP contribution in [0.4, 0.5) is 0 Å². The summed E-state index contributed by atoms with van der Waals surface area (Å²) in [6, 6.07) is 11.6. The van der Waals surface area contributed by atoms with Gasteiger partial charge in [0.25, 0.3) is 0 Å². The third kappa shape index (κ3) is 3.37. The van der Waals surface area contributed by atoms with E-state index in [1.165, 1.54) is 0 Å². The first kappa shape index (κ1) is 19.2. The molecule has 0 amide bonds. The number of hydrogen-bond acceptors (Lipinski definition) is 6. The zero-order chi connectivity index (χ0) is 20.4. The summed E-state index contributed by atoms with van der Waals surface area (Å²) in [5.74, 6) is -0.830. The molecule has 0 radical (unpaired) electrons. The van der Waals surface area contributed by atoms with Crippen LogP contribution in [0.5, 0.6) is 0 Å². The molecule has 2 heterocycles. The van der Waals surface area contributed by atoms with Gasteiger partial charge in [0.05, 0.1) is 29.5 Å². The molecule has 1 unspecified atom stereocenters. The highest BCUT2D eigenvalue weighted by Crippen LogP contribution is 2.39. The molecule has 7 nitrogen and oxygen atoms in total. The average molecular weight is 378 g/mol. The van der Waals surface area contributed by atoms with Crippen molar-refractivity contribution in [3.63, 3.8) is 0 Å². The lowest BCUT2D eigenvalue weighted by molar-refractivity contribution is -0.139. The zero-order valence-electron chi connectivity index (χ0n) is 16.3. The fourth-order valence-corrected chi connectivity index (χ4v) is 3.39. The third-order valence-electron chi connectivity index (χ3n) is 4.58. The largest absolute Gasteiger partial charge is 0.463 e. The van der Waals surface area contributed by atoms with Crippen LogP contribution in [0, 0.1) is 25.2 Å². The third-order valence-corrected chi connectivity index (χ3v) is 4.58. The first-order valence-corrected chi connectivity index (χ1v) is 8.96. The normalized spacial score (nSPS) is 16.6. The molecule has 2 N–H and O–H groups in total. The van der Waals surface area contributed by atoms with Crippen LogP contribution >= 0.6 is 0 Å². The molecule has 1 aromatic heterocycles. The Kier molecular flexibility index (Phi) is 5.23. The molecule has 1 aliphatic heterocycles. The predicted octanol–water partition coefficient (Wildman–Crippen LogP) is 3.13. The van der Waals surface area contributed by atoms with Crippen LogP contribution in [0.2, 0.25) is 0 Å². The Morgan fingerprint density at radius 1 is 1.32 bits per heavy atom. The first-order valence-electron chi connectivity index (χ1n) is 8.96. The maximum atomic E-state index is 12.5. The van der Waals surface area contributed by atoms with Gasteiger partial charge in [0.1, 0.15) is 17.4 Å². The van der Waals surface area contributed by atoms with Gasteiger partial charge >= 0.3 is 5.97 Å². The summed E-state index contributed by atoms with van der Waals surface area (Å²) in [5.41, 5.74) is 9.97. The van der Waals surface area contributed by atoms with Gasteiger partial charge in [-0.05, 0) is 51.5 Å². The number of hydrogen-bond donors (Lipinski definition) is 1. The van der Waals surface area contributed by atoms with E-state index in [4.69, 9.17) is 15.2 Å². The van der Waals surface area contributed by atoms with E-state index in [9.17, 15) is 10.1 Å². The molecule has 0 bridgehead atoms. The number of esters is 1. The van der Waals surface area contributed by atoms with Gasteiger partial charge in [-0.25, -0.2) is 9.48 Å². The molecule has 1 atom stereocenters. The molecule has 0 saturated carbocycles. The van der Waals surface area contributed by atoms with E-state index >= 15 is 0 Å². The van der Waals surface area contributed by atoms with Crippen molar-refractivity contribution in [2.75, 3.05) is 6.61 Å². The zero-order valence-corrected chi connectivity index (χ0v) is 16.3. The van der Waals surface area contributed by atoms with E-state index in [1.807, 2.05) is 48.9 Å². The minimum atomic E-state index is -0.646. The molecule has 1 aromatic carbocycles. The molecule has 7 heteroatoms. The Morgan fingerprint density at radius 2 is 2.00 bits per heavy atom. The van der Waals surface area contributed by atoms with Crippen LogP contribution in [-0.2, 0) is 14.3 Å².